The second-order valence-corrected chi connectivity index (χ2v) is 7.26. The Morgan fingerprint density at radius 3 is 2.76 bits per heavy atom. The summed E-state index contributed by atoms with van der Waals surface area (Å²) in [5, 5.41) is 7.49. The largest absolute Gasteiger partial charge is 0.467 e. The molecule has 7 nitrogen and oxygen atoms in total. The van der Waals surface area contributed by atoms with Crippen molar-refractivity contribution >= 4 is 32.9 Å². The Hall–Kier alpha value is -3.26. The Morgan fingerprint density at radius 2 is 1.97 bits per heavy atom. The van der Waals surface area contributed by atoms with Crippen LogP contribution in [-0.4, -0.2) is 27.6 Å². The van der Waals surface area contributed by atoms with Gasteiger partial charge in [0.2, 0.25) is 5.88 Å². The van der Waals surface area contributed by atoms with Gasteiger partial charge in [-0.2, -0.15) is 9.97 Å². The minimum atomic E-state index is -0.257. The average molecular weight is 453 g/mol. The van der Waals surface area contributed by atoms with E-state index in [0.29, 0.717) is 29.2 Å². The normalized spacial score (nSPS) is 10.8. The molecule has 0 radical (unpaired) electrons. The highest BCUT2D eigenvalue weighted by molar-refractivity contribution is 9.10. The van der Waals surface area contributed by atoms with Crippen LogP contribution in [0.25, 0.3) is 22.4 Å². The number of hydrogen-bond acceptors (Lipinski definition) is 6. The van der Waals surface area contributed by atoms with Crippen molar-refractivity contribution in [2.45, 2.75) is 13.5 Å². The average Bonchev–Trinajstić information content (AvgIpc) is 3.15. The number of benzene rings is 2. The zero-order valence-corrected chi connectivity index (χ0v) is 17.1. The summed E-state index contributed by atoms with van der Waals surface area (Å²) in [4.78, 5) is 20.9. The van der Waals surface area contributed by atoms with E-state index in [0.717, 1.165) is 15.6 Å². The number of fused-ring (bicyclic) bond motifs is 1. The third-order valence-electron chi connectivity index (χ3n) is 4.18. The molecule has 1 amide bonds. The number of aromatic nitrogens is 3. The van der Waals surface area contributed by atoms with Crippen LogP contribution in [0.15, 0.2) is 63.6 Å². The Kier molecular flexibility index (Phi) is 5.53. The summed E-state index contributed by atoms with van der Waals surface area (Å²) in [6.07, 6.45) is 0. The first-order valence-electron chi connectivity index (χ1n) is 8.93. The number of ether oxygens (including phenoxy) is 1. The van der Waals surface area contributed by atoms with Crippen LogP contribution in [0.2, 0.25) is 0 Å². The molecule has 1 N–H and O–H groups in total. The zero-order valence-electron chi connectivity index (χ0n) is 15.6. The number of amides is 1. The lowest BCUT2D eigenvalue weighted by molar-refractivity contribution is -0.123. The Bertz CT molecular complexity index is 1160. The van der Waals surface area contributed by atoms with Gasteiger partial charge in [-0.05, 0) is 24.6 Å². The number of rotatable bonds is 6. The lowest BCUT2D eigenvalue weighted by Crippen LogP contribution is -2.28. The van der Waals surface area contributed by atoms with Gasteiger partial charge in [0.25, 0.3) is 11.6 Å². The van der Waals surface area contributed by atoms with E-state index in [1.807, 2.05) is 54.6 Å². The molecule has 0 spiro atoms. The molecule has 0 atom stereocenters. The van der Waals surface area contributed by atoms with E-state index in [1.54, 1.807) is 6.92 Å². The van der Waals surface area contributed by atoms with Gasteiger partial charge in [0, 0.05) is 16.6 Å². The van der Waals surface area contributed by atoms with Crippen molar-refractivity contribution in [3.8, 4) is 17.1 Å². The maximum Gasteiger partial charge on any atom is 0.265 e. The quantitative estimate of drug-likeness (QED) is 0.474. The van der Waals surface area contributed by atoms with Gasteiger partial charge in [0.1, 0.15) is 16.9 Å². The standard InChI is InChI=1S/C21H17BrN4O3/c1-13-24-20(28-12-17(27)23-11-14-6-5-9-16(22)10-14)18-19(26-29-21(18)25-13)15-7-3-2-4-8-15/h2-10H,11-12H2,1H3,(H,23,27). The first kappa shape index (κ1) is 19.1. The highest BCUT2D eigenvalue weighted by atomic mass is 79.9. The van der Waals surface area contributed by atoms with Crippen LogP contribution in [0, 0.1) is 6.92 Å². The minimum absolute atomic E-state index is 0.182. The van der Waals surface area contributed by atoms with E-state index in [-0.39, 0.29) is 18.4 Å². The third-order valence-corrected chi connectivity index (χ3v) is 4.67. The van der Waals surface area contributed by atoms with Gasteiger partial charge in [-0.3, -0.25) is 4.79 Å². The second kappa shape index (κ2) is 8.40. The van der Waals surface area contributed by atoms with Crippen molar-refractivity contribution in [3.05, 3.63) is 70.5 Å². The number of aryl methyl sites for hydroxylation is 1. The van der Waals surface area contributed by atoms with Gasteiger partial charge in [-0.25, -0.2) is 0 Å². The smallest absolute Gasteiger partial charge is 0.265 e. The lowest BCUT2D eigenvalue weighted by atomic mass is 10.1. The fraction of sp³-hybridized carbons (Fsp3) is 0.143. The highest BCUT2D eigenvalue weighted by Crippen LogP contribution is 2.32. The van der Waals surface area contributed by atoms with Gasteiger partial charge in [0.15, 0.2) is 6.61 Å². The highest BCUT2D eigenvalue weighted by Gasteiger charge is 2.19. The van der Waals surface area contributed by atoms with Gasteiger partial charge < -0.3 is 14.6 Å². The van der Waals surface area contributed by atoms with E-state index in [9.17, 15) is 4.79 Å². The Morgan fingerprint density at radius 1 is 1.14 bits per heavy atom. The molecule has 0 aliphatic carbocycles. The molecule has 4 rings (SSSR count). The molecule has 0 aliphatic rings. The van der Waals surface area contributed by atoms with Crippen molar-refractivity contribution in [1.82, 2.24) is 20.4 Å². The second-order valence-electron chi connectivity index (χ2n) is 6.35. The molecule has 2 aromatic carbocycles. The van der Waals surface area contributed by atoms with Crippen LogP contribution >= 0.6 is 15.9 Å². The van der Waals surface area contributed by atoms with Crippen LogP contribution in [0.1, 0.15) is 11.4 Å². The molecule has 4 aromatic rings. The first-order chi connectivity index (χ1) is 14.1. The van der Waals surface area contributed by atoms with Crippen LogP contribution < -0.4 is 10.1 Å². The molecule has 0 saturated heterocycles. The van der Waals surface area contributed by atoms with Crippen molar-refractivity contribution < 1.29 is 14.1 Å². The number of hydrogen-bond donors (Lipinski definition) is 1. The molecule has 2 heterocycles. The Balaban J connectivity index is 1.51. The summed E-state index contributed by atoms with van der Waals surface area (Å²) in [6, 6.07) is 17.3. The number of carbonyl (C=O) groups excluding carboxylic acids is 1. The minimum Gasteiger partial charge on any atom is -0.467 e. The molecular formula is C21H17BrN4O3. The fourth-order valence-corrected chi connectivity index (χ4v) is 3.30. The van der Waals surface area contributed by atoms with E-state index < -0.39 is 0 Å². The maximum atomic E-state index is 12.3. The molecule has 2 aromatic heterocycles. The van der Waals surface area contributed by atoms with Crippen LogP contribution in [0.3, 0.4) is 0 Å². The summed E-state index contributed by atoms with van der Waals surface area (Å²) in [5.41, 5.74) is 2.73. The predicted octanol–water partition coefficient (Wildman–Crippen LogP) is 4.05. The van der Waals surface area contributed by atoms with Crippen molar-refractivity contribution in [2.75, 3.05) is 6.61 Å². The SMILES string of the molecule is Cc1nc(OCC(=O)NCc2cccc(Br)c2)c2c(-c3ccccc3)noc2n1. The molecule has 0 fully saturated rings. The Labute approximate surface area is 175 Å². The number of carbonyl (C=O) groups is 1. The van der Waals surface area contributed by atoms with Crippen molar-refractivity contribution in [2.24, 2.45) is 0 Å². The number of nitrogens with zero attached hydrogens (tertiary/aromatic N) is 3. The lowest BCUT2D eigenvalue weighted by Gasteiger charge is -2.09. The predicted molar refractivity (Wildman–Crippen MR) is 111 cm³/mol. The fourth-order valence-electron chi connectivity index (χ4n) is 2.86. The monoisotopic (exact) mass is 452 g/mol. The maximum absolute atomic E-state index is 12.3. The van der Waals surface area contributed by atoms with E-state index in [4.69, 9.17) is 9.26 Å². The molecule has 29 heavy (non-hydrogen) atoms. The molecule has 0 aliphatic heterocycles. The molecule has 8 heteroatoms. The van der Waals surface area contributed by atoms with Gasteiger partial charge >= 0.3 is 0 Å². The van der Waals surface area contributed by atoms with E-state index in [2.05, 4.69) is 36.4 Å². The summed E-state index contributed by atoms with van der Waals surface area (Å²) < 4.78 is 12.0. The van der Waals surface area contributed by atoms with Gasteiger partial charge in [-0.1, -0.05) is 63.6 Å². The van der Waals surface area contributed by atoms with Crippen molar-refractivity contribution in [1.29, 1.82) is 0 Å². The zero-order chi connectivity index (χ0) is 20.2. The summed E-state index contributed by atoms with van der Waals surface area (Å²) >= 11 is 3.42. The molecule has 0 unspecified atom stereocenters. The van der Waals surface area contributed by atoms with Gasteiger partial charge in [0.05, 0.1) is 0 Å². The van der Waals surface area contributed by atoms with Crippen molar-refractivity contribution in [3.63, 3.8) is 0 Å². The molecule has 0 bridgehead atoms. The summed E-state index contributed by atoms with van der Waals surface area (Å²) in [7, 11) is 0. The summed E-state index contributed by atoms with van der Waals surface area (Å²) in [6.45, 7) is 1.95. The van der Waals surface area contributed by atoms with Crippen LogP contribution in [-0.2, 0) is 11.3 Å². The molecule has 146 valence electrons. The topological polar surface area (TPSA) is 90.1 Å². The van der Waals surface area contributed by atoms with E-state index in [1.165, 1.54) is 0 Å². The van der Waals surface area contributed by atoms with Crippen LogP contribution in [0.5, 0.6) is 5.88 Å². The van der Waals surface area contributed by atoms with Gasteiger partial charge in [-0.15, -0.1) is 0 Å². The number of halogens is 1. The van der Waals surface area contributed by atoms with E-state index >= 15 is 0 Å². The summed E-state index contributed by atoms with van der Waals surface area (Å²) in [5.74, 6) is 0.482. The third kappa shape index (κ3) is 4.43. The van der Waals surface area contributed by atoms with Crippen LogP contribution in [0.4, 0.5) is 0 Å². The molecule has 0 saturated carbocycles. The number of nitrogens with one attached hydrogen (secondary N) is 1. The first-order valence-corrected chi connectivity index (χ1v) is 9.73. The molecular weight excluding hydrogens is 436 g/mol.